The fourth-order valence-corrected chi connectivity index (χ4v) is 1.52. The van der Waals surface area contributed by atoms with Crippen LogP contribution in [0.4, 0.5) is 8.78 Å². The first-order valence-corrected chi connectivity index (χ1v) is 4.17. The zero-order valence-electron chi connectivity index (χ0n) is 5.56. The summed E-state index contributed by atoms with van der Waals surface area (Å²) in [6.07, 6.45) is 0. The van der Waals surface area contributed by atoms with Crippen LogP contribution in [0.3, 0.4) is 0 Å². The van der Waals surface area contributed by atoms with Crippen LogP contribution < -0.4 is 0 Å². The summed E-state index contributed by atoms with van der Waals surface area (Å²) in [6.45, 7) is 0.665. The fraction of sp³-hybridized carbons (Fsp3) is 0.833. The molecule has 1 saturated heterocycles. The Balaban J connectivity index is 2.48. The van der Waals surface area contributed by atoms with E-state index in [1.165, 1.54) is 11.8 Å². The normalized spacial score (nSPS) is 20.3. The minimum atomic E-state index is -3.12. The van der Waals surface area contributed by atoms with Gasteiger partial charge in [-0.2, -0.15) is 20.5 Å². The SMILES string of the molecule is CC(F)(F)C(=O)C1CSC1. The summed E-state index contributed by atoms with van der Waals surface area (Å²) in [7, 11) is 0. The molecule has 0 spiro atoms. The monoisotopic (exact) mass is 166 g/mol. The molecule has 0 aromatic heterocycles. The summed E-state index contributed by atoms with van der Waals surface area (Å²) in [5.41, 5.74) is 0. The van der Waals surface area contributed by atoms with Gasteiger partial charge in [0, 0.05) is 24.3 Å². The lowest BCUT2D eigenvalue weighted by atomic mass is 10.0. The summed E-state index contributed by atoms with van der Waals surface area (Å²) in [5, 5.41) is 0. The van der Waals surface area contributed by atoms with Gasteiger partial charge < -0.3 is 0 Å². The van der Waals surface area contributed by atoms with E-state index in [-0.39, 0.29) is 5.92 Å². The van der Waals surface area contributed by atoms with Gasteiger partial charge in [-0.15, -0.1) is 0 Å². The van der Waals surface area contributed by atoms with Crippen molar-refractivity contribution in [3.8, 4) is 0 Å². The lowest BCUT2D eigenvalue weighted by Gasteiger charge is -2.25. The summed E-state index contributed by atoms with van der Waals surface area (Å²) in [5.74, 6) is -3.26. The number of ketones is 1. The van der Waals surface area contributed by atoms with Crippen LogP contribution in [0.25, 0.3) is 0 Å². The number of alkyl halides is 2. The number of thioether (sulfide) groups is 1. The Morgan fingerprint density at radius 2 is 2.10 bits per heavy atom. The number of carbonyl (C=O) groups is 1. The highest BCUT2D eigenvalue weighted by atomic mass is 32.2. The smallest absolute Gasteiger partial charge is 0.293 e. The number of hydrogen-bond donors (Lipinski definition) is 0. The molecule has 58 valence electrons. The van der Waals surface area contributed by atoms with Crippen molar-refractivity contribution in [2.45, 2.75) is 12.8 Å². The molecule has 1 aliphatic heterocycles. The van der Waals surface area contributed by atoms with Crippen molar-refractivity contribution < 1.29 is 13.6 Å². The number of halogens is 2. The quantitative estimate of drug-likeness (QED) is 0.619. The topological polar surface area (TPSA) is 17.1 Å². The maximum atomic E-state index is 12.2. The highest BCUT2D eigenvalue weighted by molar-refractivity contribution is 8.00. The third-order valence-corrected chi connectivity index (χ3v) is 2.72. The van der Waals surface area contributed by atoms with Crippen LogP contribution >= 0.6 is 11.8 Å². The Morgan fingerprint density at radius 3 is 2.20 bits per heavy atom. The Morgan fingerprint density at radius 1 is 1.60 bits per heavy atom. The molecule has 0 N–H and O–H groups in total. The van der Waals surface area contributed by atoms with E-state index in [1.54, 1.807) is 0 Å². The molecule has 1 aliphatic rings. The van der Waals surface area contributed by atoms with E-state index in [0.29, 0.717) is 18.4 Å². The van der Waals surface area contributed by atoms with Gasteiger partial charge in [0.25, 0.3) is 0 Å². The first kappa shape index (κ1) is 7.98. The van der Waals surface area contributed by atoms with E-state index in [2.05, 4.69) is 0 Å². The van der Waals surface area contributed by atoms with Gasteiger partial charge in [0.2, 0.25) is 5.78 Å². The Kier molecular flexibility index (Phi) is 1.99. The van der Waals surface area contributed by atoms with Gasteiger partial charge in [-0.05, 0) is 0 Å². The fourth-order valence-electron chi connectivity index (χ4n) is 0.746. The second-order valence-electron chi connectivity index (χ2n) is 2.49. The average molecular weight is 166 g/mol. The van der Waals surface area contributed by atoms with Crippen LogP contribution in [0.1, 0.15) is 6.92 Å². The number of carbonyl (C=O) groups excluding carboxylic acids is 1. The van der Waals surface area contributed by atoms with Crippen molar-refractivity contribution in [1.29, 1.82) is 0 Å². The lowest BCUT2D eigenvalue weighted by molar-refractivity contribution is -0.143. The molecule has 1 heterocycles. The van der Waals surface area contributed by atoms with Crippen molar-refractivity contribution in [3.63, 3.8) is 0 Å². The maximum absolute atomic E-state index is 12.2. The summed E-state index contributed by atoms with van der Waals surface area (Å²) < 4.78 is 24.5. The molecule has 0 unspecified atom stereocenters. The Labute approximate surface area is 62.2 Å². The largest absolute Gasteiger partial charge is 0.302 e. The van der Waals surface area contributed by atoms with E-state index >= 15 is 0 Å². The number of Topliss-reactive ketones (excluding diaryl/α,β-unsaturated/α-hetero) is 1. The molecule has 1 fully saturated rings. The third-order valence-electron chi connectivity index (χ3n) is 1.44. The molecule has 0 radical (unpaired) electrons. The first-order valence-electron chi connectivity index (χ1n) is 3.01. The van der Waals surface area contributed by atoms with Crippen LogP contribution in [0.15, 0.2) is 0 Å². The van der Waals surface area contributed by atoms with Crippen molar-refractivity contribution in [2.75, 3.05) is 11.5 Å². The van der Waals surface area contributed by atoms with Gasteiger partial charge in [-0.25, -0.2) is 0 Å². The van der Waals surface area contributed by atoms with Crippen LogP contribution in [-0.4, -0.2) is 23.2 Å². The number of hydrogen-bond acceptors (Lipinski definition) is 2. The highest BCUT2D eigenvalue weighted by Crippen LogP contribution is 2.30. The second kappa shape index (κ2) is 2.49. The Bertz CT molecular complexity index is 148. The van der Waals surface area contributed by atoms with Crippen LogP contribution in [0, 0.1) is 5.92 Å². The predicted molar refractivity (Wildman–Crippen MR) is 36.4 cm³/mol. The summed E-state index contributed by atoms with van der Waals surface area (Å²) >= 11 is 1.54. The van der Waals surface area contributed by atoms with E-state index in [1.807, 2.05) is 0 Å². The molecule has 10 heavy (non-hydrogen) atoms. The van der Waals surface area contributed by atoms with E-state index in [9.17, 15) is 13.6 Å². The van der Waals surface area contributed by atoms with Crippen LogP contribution in [0.2, 0.25) is 0 Å². The molecule has 0 aromatic carbocycles. The van der Waals surface area contributed by atoms with E-state index in [0.717, 1.165) is 0 Å². The van der Waals surface area contributed by atoms with E-state index < -0.39 is 11.7 Å². The maximum Gasteiger partial charge on any atom is 0.302 e. The standard InChI is InChI=1S/C6H8F2OS/c1-6(7,8)5(9)4-2-10-3-4/h4H,2-3H2,1H3. The van der Waals surface area contributed by atoms with Gasteiger partial charge in [-0.1, -0.05) is 0 Å². The molecule has 0 bridgehead atoms. The van der Waals surface area contributed by atoms with Gasteiger partial charge in [0.1, 0.15) is 0 Å². The summed E-state index contributed by atoms with van der Waals surface area (Å²) in [4.78, 5) is 10.7. The minimum Gasteiger partial charge on any atom is -0.293 e. The van der Waals surface area contributed by atoms with Gasteiger partial charge in [0.05, 0.1) is 0 Å². The molecule has 0 saturated carbocycles. The molecule has 4 heteroatoms. The van der Waals surface area contributed by atoms with Crippen LogP contribution in [0.5, 0.6) is 0 Å². The van der Waals surface area contributed by atoms with Gasteiger partial charge in [-0.3, -0.25) is 4.79 Å². The molecule has 1 nitrogen and oxygen atoms in total. The second-order valence-corrected chi connectivity index (χ2v) is 3.56. The third kappa shape index (κ3) is 1.48. The molecule has 0 aromatic rings. The molecular weight excluding hydrogens is 158 g/mol. The van der Waals surface area contributed by atoms with Gasteiger partial charge in [0.15, 0.2) is 0 Å². The van der Waals surface area contributed by atoms with Gasteiger partial charge >= 0.3 is 5.92 Å². The summed E-state index contributed by atoms with van der Waals surface area (Å²) in [6, 6.07) is 0. The molecule has 1 rings (SSSR count). The Hall–Kier alpha value is -0.120. The van der Waals surface area contributed by atoms with Crippen molar-refractivity contribution >= 4 is 17.5 Å². The number of rotatable bonds is 2. The molecule has 0 amide bonds. The zero-order chi connectivity index (χ0) is 7.78. The first-order chi connectivity index (χ1) is 4.52. The van der Waals surface area contributed by atoms with Crippen molar-refractivity contribution in [3.05, 3.63) is 0 Å². The minimum absolute atomic E-state index is 0.384. The lowest BCUT2D eigenvalue weighted by Crippen LogP contribution is -2.38. The predicted octanol–water partition coefficient (Wildman–Crippen LogP) is 1.57. The van der Waals surface area contributed by atoms with Crippen molar-refractivity contribution in [1.82, 2.24) is 0 Å². The highest BCUT2D eigenvalue weighted by Gasteiger charge is 2.40. The van der Waals surface area contributed by atoms with Crippen LogP contribution in [-0.2, 0) is 4.79 Å². The van der Waals surface area contributed by atoms with Crippen molar-refractivity contribution in [2.24, 2.45) is 5.92 Å². The molecular formula is C6H8F2OS. The molecule has 0 atom stereocenters. The molecule has 0 aliphatic carbocycles. The zero-order valence-corrected chi connectivity index (χ0v) is 6.38. The van der Waals surface area contributed by atoms with E-state index in [4.69, 9.17) is 0 Å². The average Bonchev–Trinajstić information content (AvgIpc) is 1.57.